The number of carbonyl (C=O) groups is 1. The average Bonchev–Trinajstić information content (AvgIpc) is 3.37. The van der Waals surface area contributed by atoms with Crippen LogP contribution < -0.4 is 10.3 Å². The largest absolute Gasteiger partial charge is 0.503 e. The zero-order valence-corrected chi connectivity index (χ0v) is 18.4. The number of likely N-dealkylation sites (tertiary alicyclic amines) is 1. The smallest absolute Gasteiger partial charge is 0.272 e. The lowest BCUT2D eigenvalue weighted by Crippen LogP contribution is -2.26. The predicted molar refractivity (Wildman–Crippen MR) is 120 cm³/mol. The first-order valence-corrected chi connectivity index (χ1v) is 11.1. The number of fused-ring (bicyclic) bond motifs is 3. The number of aromatic nitrogens is 1. The molecule has 1 fully saturated rings. The van der Waals surface area contributed by atoms with Gasteiger partial charge in [0.1, 0.15) is 16.5 Å². The van der Waals surface area contributed by atoms with Crippen molar-refractivity contribution in [1.82, 2.24) is 9.47 Å². The Hall–Kier alpha value is -2.80. The fraction of sp³-hybridized carbons (Fsp3) is 0.391. The molecular formula is C23H26N2O4S. The third kappa shape index (κ3) is 3.37. The molecule has 0 aliphatic carbocycles. The van der Waals surface area contributed by atoms with Crippen LogP contribution in [0.3, 0.4) is 0 Å². The lowest BCUT2D eigenvalue weighted by molar-refractivity contribution is 0.0821. The molecule has 0 atom stereocenters. The van der Waals surface area contributed by atoms with Crippen molar-refractivity contribution >= 4 is 38.2 Å². The number of amides is 1. The fourth-order valence-corrected chi connectivity index (χ4v) is 5.16. The second-order valence-corrected chi connectivity index (χ2v) is 8.47. The summed E-state index contributed by atoms with van der Waals surface area (Å²) in [6.45, 7) is 3.19. The number of allylic oxidation sites excluding steroid dienone is 1. The summed E-state index contributed by atoms with van der Waals surface area (Å²) in [5.74, 6) is 0.290. The summed E-state index contributed by atoms with van der Waals surface area (Å²) in [6, 6.07) is 7.78. The molecule has 4 rings (SSSR count). The van der Waals surface area contributed by atoms with Gasteiger partial charge < -0.3 is 18.9 Å². The van der Waals surface area contributed by atoms with Crippen LogP contribution in [0.1, 0.15) is 42.3 Å². The van der Waals surface area contributed by atoms with Gasteiger partial charge in [-0.3, -0.25) is 9.59 Å². The van der Waals surface area contributed by atoms with E-state index in [0.717, 1.165) is 47.0 Å². The number of pyridine rings is 1. The van der Waals surface area contributed by atoms with Gasteiger partial charge in [0.25, 0.3) is 11.5 Å². The first-order chi connectivity index (χ1) is 14.6. The molecule has 6 nitrogen and oxygen atoms in total. The molecule has 1 amide bonds. The Morgan fingerprint density at radius 3 is 2.87 bits per heavy atom. The maximum atomic E-state index is 13.5. The molecule has 1 saturated heterocycles. The van der Waals surface area contributed by atoms with Crippen LogP contribution in [0.4, 0.5) is 0 Å². The van der Waals surface area contributed by atoms with Crippen LogP contribution in [0.25, 0.3) is 21.0 Å². The molecular weight excluding hydrogens is 400 g/mol. The molecule has 158 valence electrons. The minimum absolute atomic E-state index is 0.130. The third-order valence-corrected chi connectivity index (χ3v) is 6.68. The van der Waals surface area contributed by atoms with Crippen LogP contribution in [0.15, 0.2) is 41.0 Å². The molecule has 1 aromatic carbocycles. The number of unbranched alkanes of at least 4 members (excludes halogenated alkanes) is 1. The molecule has 0 radical (unpaired) electrons. The minimum Gasteiger partial charge on any atom is -0.503 e. The van der Waals surface area contributed by atoms with Crippen molar-refractivity contribution in [1.29, 1.82) is 0 Å². The Kier molecular flexibility index (Phi) is 5.81. The Bertz CT molecular complexity index is 1190. The van der Waals surface area contributed by atoms with Gasteiger partial charge in [-0.15, -0.1) is 11.3 Å². The van der Waals surface area contributed by atoms with Crippen molar-refractivity contribution in [3.63, 3.8) is 0 Å². The highest BCUT2D eigenvalue weighted by Crippen LogP contribution is 2.41. The summed E-state index contributed by atoms with van der Waals surface area (Å²) in [5, 5.41) is 1.45. The topological polar surface area (TPSA) is 60.8 Å². The number of methoxy groups -OCH3 is 1. The van der Waals surface area contributed by atoms with Gasteiger partial charge in [-0.05, 0) is 25.3 Å². The number of benzene rings is 1. The summed E-state index contributed by atoms with van der Waals surface area (Å²) in [6.07, 6.45) is 5.14. The van der Waals surface area contributed by atoms with Gasteiger partial charge in [0.2, 0.25) is 0 Å². The van der Waals surface area contributed by atoms with E-state index >= 15 is 0 Å². The van der Waals surface area contributed by atoms with Crippen molar-refractivity contribution in [2.45, 2.75) is 32.6 Å². The van der Waals surface area contributed by atoms with Crippen LogP contribution in [0.5, 0.6) is 5.75 Å². The second-order valence-electron chi connectivity index (χ2n) is 7.45. The molecule has 0 spiro atoms. The third-order valence-electron chi connectivity index (χ3n) is 5.49. The Labute approximate surface area is 179 Å². The molecule has 7 heteroatoms. The Morgan fingerprint density at radius 1 is 1.30 bits per heavy atom. The molecule has 0 bridgehead atoms. The number of nitrogens with zero attached hydrogens (tertiary/aromatic N) is 2. The van der Waals surface area contributed by atoms with Gasteiger partial charge in [0, 0.05) is 19.0 Å². The number of thiophene rings is 1. The van der Waals surface area contributed by atoms with Crippen LogP contribution in [0, 0.1) is 0 Å². The fourth-order valence-electron chi connectivity index (χ4n) is 3.94. The van der Waals surface area contributed by atoms with Gasteiger partial charge in [-0.25, -0.2) is 0 Å². The molecule has 0 saturated carbocycles. The van der Waals surface area contributed by atoms with Crippen LogP contribution in [-0.2, 0) is 11.8 Å². The van der Waals surface area contributed by atoms with Crippen LogP contribution in [-0.4, -0.2) is 35.6 Å². The number of hydrogen-bond acceptors (Lipinski definition) is 5. The van der Waals surface area contributed by atoms with E-state index in [9.17, 15) is 9.59 Å². The van der Waals surface area contributed by atoms with Gasteiger partial charge in [-0.1, -0.05) is 31.5 Å². The van der Waals surface area contributed by atoms with Gasteiger partial charge in [0.15, 0.2) is 5.75 Å². The Morgan fingerprint density at radius 2 is 2.10 bits per heavy atom. The minimum atomic E-state index is -0.139. The van der Waals surface area contributed by atoms with E-state index in [1.807, 2.05) is 24.3 Å². The van der Waals surface area contributed by atoms with E-state index in [4.69, 9.17) is 9.47 Å². The number of ether oxygens (including phenoxy) is 2. The normalized spacial score (nSPS) is 15.4. The number of aryl methyl sites for hydroxylation is 1. The highest BCUT2D eigenvalue weighted by Gasteiger charge is 2.31. The first kappa shape index (κ1) is 20.5. The number of carbonyl (C=O) groups excluding carboxylic acids is 1. The number of rotatable bonds is 6. The van der Waals surface area contributed by atoms with Crippen molar-refractivity contribution in [2.24, 2.45) is 7.05 Å². The van der Waals surface area contributed by atoms with E-state index in [1.54, 1.807) is 29.9 Å². The van der Waals surface area contributed by atoms with Crippen LogP contribution in [0.2, 0.25) is 0 Å². The molecule has 0 unspecified atom stereocenters. The van der Waals surface area contributed by atoms with Gasteiger partial charge in [-0.2, -0.15) is 0 Å². The average molecular weight is 427 g/mol. The van der Waals surface area contributed by atoms with E-state index < -0.39 is 0 Å². The lowest BCUT2D eigenvalue weighted by atomic mass is 10.1. The second kappa shape index (κ2) is 8.52. The van der Waals surface area contributed by atoms with Crippen LogP contribution >= 0.6 is 11.3 Å². The van der Waals surface area contributed by atoms with E-state index in [-0.39, 0.29) is 11.5 Å². The summed E-state index contributed by atoms with van der Waals surface area (Å²) in [4.78, 5) is 29.0. The summed E-state index contributed by atoms with van der Waals surface area (Å²) in [5.41, 5.74) is 1.56. The summed E-state index contributed by atoms with van der Waals surface area (Å²) in [7, 11) is 3.35. The number of para-hydroxylation sites is 1. The highest BCUT2D eigenvalue weighted by atomic mass is 32.1. The van der Waals surface area contributed by atoms with E-state index in [1.165, 1.54) is 11.3 Å². The van der Waals surface area contributed by atoms with Crippen molar-refractivity contribution < 1.29 is 14.3 Å². The monoisotopic (exact) mass is 426 g/mol. The van der Waals surface area contributed by atoms with Gasteiger partial charge >= 0.3 is 0 Å². The number of hydrogen-bond donors (Lipinski definition) is 0. The Balaban J connectivity index is 1.94. The first-order valence-electron chi connectivity index (χ1n) is 10.3. The molecule has 0 N–H and O–H groups in total. The SMILES string of the molecule is CCCCOc1c(C(=O)N2CCC/C2=C\OC)sc2c1c(=O)n(C)c1ccccc21. The zero-order valence-electron chi connectivity index (χ0n) is 17.6. The van der Waals surface area contributed by atoms with Gasteiger partial charge in [0.05, 0.1) is 29.6 Å². The maximum absolute atomic E-state index is 13.5. The zero-order chi connectivity index (χ0) is 21.3. The van der Waals surface area contributed by atoms with Crippen molar-refractivity contribution in [3.8, 4) is 5.75 Å². The predicted octanol–water partition coefficient (Wildman–Crippen LogP) is 4.66. The summed E-state index contributed by atoms with van der Waals surface area (Å²) < 4.78 is 13.7. The summed E-state index contributed by atoms with van der Waals surface area (Å²) >= 11 is 1.35. The van der Waals surface area contributed by atoms with E-state index in [2.05, 4.69) is 6.92 Å². The maximum Gasteiger partial charge on any atom is 0.272 e. The van der Waals surface area contributed by atoms with E-state index in [0.29, 0.717) is 29.2 Å². The standard InChI is InChI=1S/C23H26N2O4S/c1-4-5-13-29-19-18-20(16-10-6-7-11-17(16)24(2)22(18)26)30-21(19)23(27)25-12-8-9-15(25)14-28-3/h6-7,10-11,14H,4-5,8-9,12-13H2,1-3H3/b15-14+. The lowest BCUT2D eigenvalue weighted by Gasteiger charge is -2.17. The molecule has 1 aliphatic rings. The van der Waals surface area contributed by atoms with Crippen molar-refractivity contribution in [3.05, 3.63) is 51.5 Å². The molecule has 1 aliphatic heterocycles. The molecule has 3 aromatic rings. The highest BCUT2D eigenvalue weighted by molar-refractivity contribution is 7.22. The van der Waals surface area contributed by atoms with Crippen molar-refractivity contribution in [2.75, 3.05) is 20.3 Å². The molecule has 30 heavy (non-hydrogen) atoms. The quantitative estimate of drug-likeness (QED) is 0.425. The molecule has 3 heterocycles. The molecule has 2 aromatic heterocycles.